The molecule has 3 fully saturated rings. The topological polar surface area (TPSA) is 72.0 Å². The van der Waals surface area contributed by atoms with E-state index in [2.05, 4.69) is 4.90 Å². The summed E-state index contributed by atoms with van der Waals surface area (Å²) in [6.07, 6.45) is -9.99. The van der Waals surface area contributed by atoms with E-state index in [-0.39, 0.29) is 30.4 Å². The highest BCUT2D eigenvalue weighted by molar-refractivity contribution is 5.79. The molecule has 0 unspecified atom stereocenters. The van der Waals surface area contributed by atoms with Gasteiger partial charge in [0.15, 0.2) is 0 Å². The molecular formula is C35H35F6N3O4. The lowest BCUT2D eigenvalue weighted by Crippen LogP contribution is -2.38. The third-order valence-electron chi connectivity index (χ3n) is 9.40. The van der Waals surface area contributed by atoms with Gasteiger partial charge in [0.2, 0.25) is 0 Å². The molecule has 1 amide bonds. The number of ether oxygens (including phenoxy) is 2. The predicted octanol–water partition coefficient (Wildman–Crippen LogP) is 8.31. The van der Waals surface area contributed by atoms with Crippen LogP contribution in [0.3, 0.4) is 0 Å². The van der Waals surface area contributed by atoms with Crippen LogP contribution in [-0.4, -0.2) is 47.7 Å². The monoisotopic (exact) mass is 675 g/mol. The number of benzene rings is 2. The molecule has 0 spiro atoms. The Hall–Kier alpha value is -4.29. The Bertz CT molecular complexity index is 1690. The number of carbonyl (C=O) groups is 2. The van der Waals surface area contributed by atoms with Gasteiger partial charge >= 0.3 is 24.4 Å². The lowest BCUT2D eigenvalue weighted by Gasteiger charge is -2.33. The lowest BCUT2D eigenvalue weighted by atomic mass is 9.92. The van der Waals surface area contributed by atoms with Gasteiger partial charge in [0, 0.05) is 18.7 Å². The number of aromatic nitrogens is 1. The van der Waals surface area contributed by atoms with E-state index in [9.17, 15) is 35.9 Å². The third-order valence-corrected chi connectivity index (χ3v) is 9.40. The molecule has 1 aliphatic carbocycles. The van der Waals surface area contributed by atoms with Crippen LogP contribution in [0.25, 0.3) is 11.1 Å². The lowest BCUT2D eigenvalue weighted by molar-refractivity contribution is -0.145. The van der Waals surface area contributed by atoms with Crippen LogP contribution >= 0.6 is 0 Å². The van der Waals surface area contributed by atoms with Gasteiger partial charge in [-0.15, -0.1) is 0 Å². The van der Waals surface area contributed by atoms with Crippen molar-refractivity contribution in [2.24, 2.45) is 5.92 Å². The van der Waals surface area contributed by atoms with E-state index in [0.717, 1.165) is 41.8 Å². The summed E-state index contributed by atoms with van der Waals surface area (Å²) < 4.78 is 92.4. The largest absolute Gasteiger partial charge is 0.466 e. The molecule has 3 heterocycles. The van der Waals surface area contributed by atoms with E-state index >= 15 is 0 Å². The normalized spacial score (nSPS) is 22.4. The number of carbonyl (C=O) groups excluding carboxylic acids is 2. The SMILES string of the molecule is CCOC(=O)[C@@H]1C[C@H]1c1ccc(CC)c(-c2ccc(N3CCC3)nc2CN2C(=O)O[C@H](c3cc(C(F)(F)F)cc(C(F)(F)F)c3)[C@@H]2C)c1. The predicted molar refractivity (Wildman–Crippen MR) is 164 cm³/mol. The van der Waals surface area contributed by atoms with Crippen molar-refractivity contribution in [3.63, 3.8) is 0 Å². The minimum atomic E-state index is -5.04. The van der Waals surface area contributed by atoms with E-state index in [1.165, 1.54) is 11.8 Å². The maximum atomic E-state index is 13.6. The second kappa shape index (κ2) is 12.6. The van der Waals surface area contributed by atoms with Crippen molar-refractivity contribution < 1.29 is 45.4 Å². The molecule has 6 rings (SSSR count). The minimum Gasteiger partial charge on any atom is -0.466 e. The van der Waals surface area contributed by atoms with Gasteiger partial charge in [-0.3, -0.25) is 9.69 Å². The quantitative estimate of drug-likeness (QED) is 0.168. The zero-order valence-corrected chi connectivity index (χ0v) is 26.6. The molecule has 3 aromatic rings. The first-order valence-corrected chi connectivity index (χ1v) is 16.0. The number of halogens is 6. The average molecular weight is 676 g/mol. The molecule has 256 valence electrons. The highest BCUT2D eigenvalue weighted by atomic mass is 19.4. The molecule has 0 bridgehead atoms. The summed E-state index contributed by atoms with van der Waals surface area (Å²) in [6.45, 7) is 7.12. The number of aryl methyl sites for hydroxylation is 1. The van der Waals surface area contributed by atoms with E-state index in [4.69, 9.17) is 14.5 Å². The zero-order valence-electron chi connectivity index (χ0n) is 26.6. The molecule has 1 saturated carbocycles. The van der Waals surface area contributed by atoms with E-state index < -0.39 is 47.3 Å². The molecule has 2 aromatic carbocycles. The zero-order chi connectivity index (χ0) is 34.5. The summed E-state index contributed by atoms with van der Waals surface area (Å²) in [5.41, 5.74) is 0.724. The fourth-order valence-electron chi connectivity index (χ4n) is 6.50. The van der Waals surface area contributed by atoms with Crippen LogP contribution in [0, 0.1) is 5.92 Å². The first-order chi connectivity index (χ1) is 22.7. The van der Waals surface area contributed by atoms with Crippen molar-refractivity contribution in [2.75, 3.05) is 24.6 Å². The number of cyclic esters (lactones) is 1. The second-order valence-corrected chi connectivity index (χ2v) is 12.5. The van der Waals surface area contributed by atoms with Gasteiger partial charge in [-0.2, -0.15) is 26.3 Å². The summed E-state index contributed by atoms with van der Waals surface area (Å²) in [7, 11) is 0. The molecular weight excluding hydrogens is 640 g/mol. The van der Waals surface area contributed by atoms with E-state index in [1.54, 1.807) is 6.92 Å². The summed E-state index contributed by atoms with van der Waals surface area (Å²) in [5.74, 6) is 0.253. The van der Waals surface area contributed by atoms with Crippen molar-refractivity contribution in [1.82, 2.24) is 9.88 Å². The Kier molecular flexibility index (Phi) is 8.84. The maximum absolute atomic E-state index is 13.6. The smallest absolute Gasteiger partial charge is 0.416 e. The molecule has 1 aromatic heterocycles. The van der Waals surface area contributed by atoms with Crippen LogP contribution in [0.4, 0.5) is 37.0 Å². The van der Waals surface area contributed by atoms with Crippen molar-refractivity contribution in [1.29, 1.82) is 0 Å². The number of anilines is 1. The van der Waals surface area contributed by atoms with Gasteiger partial charge < -0.3 is 14.4 Å². The number of alkyl halides is 6. The summed E-state index contributed by atoms with van der Waals surface area (Å²) in [6, 6.07) is 10.2. The molecule has 3 aliphatic rings. The van der Waals surface area contributed by atoms with Crippen LogP contribution in [0.5, 0.6) is 0 Å². The van der Waals surface area contributed by atoms with E-state index in [1.807, 2.05) is 37.3 Å². The maximum Gasteiger partial charge on any atom is 0.416 e. The van der Waals surface area contributed by atoms with Crippen LogP contribution in [0.1, 0.15) is 79.1 Å². The van der Waals surface area contributed by atoms with Gasteiger partial charge in [0.25, 0.3) is 0 Å². The summed E-state index contributed by atoms with van der Waals surface area (Å²) in [5, 5.41) is 0. The standard InChI is InChI=1S/C35H35F6N3O4/c1-4-20-7-8-21(27-17-28(27)32(45)47-5-2)15-26(20)25-9-10-30(43-11-6-12-43)42-29(25)18-44-19(3)31(48-33(44)46)22-13-23(34(36,37)38)16-24(14-22)35(39,40)41/h7-10,13-16,19,27-28,31H,4-6,11-12,17-18H2,1-3H3/t19-,27-,28+,31-/m0/s1. The number of nitrogens with zero attached hydrogens (tertiary/aromatic N) is 3. The number of hydrogen-bond acceptors (Lipinski definition) is 6. The summed E-state index contributed by atoms with van der Waals surface area (Å²) in [4.78, 5) is 34.0. The van der Waals surface area contributed by atoms with Gasteiger partial charge in [-0.05, 0) is 91.6 Å². The molecule has 0 N–H and O–H groups in total. The van der Waals surface area contributed by atoms with Gasteiger partial charge in [0.05, 0.1) is 41.9 Å². The average Bonchev–Trinajstić information content (AvgIpc) is 3.76. The molecule has 13 heteroatoms. The number of rotatable bonds is 9. The minimum absolute atomic E-state index is 0.00821. The van der Waals surface area contributed by atoms with Crippen molar-refractivity contribution in [2.45, 2.75) is 77.0 Å². The number of pyridine rings is 1. The Labute approximate surface area is 273 Å². The van der Waals surface area contributed by atoms with Crippen LogP contribution in [0.15, 0.2) is 48.5 Å². The second-order valence-electron chi connectivity index (χ2n) is 12.5. The van der Waals surface area contributed by atoms with Crippen molar-refractivity contribution in [3.05, 3.63) is 82.0 Å². The van der Waals surface area contributed by atoms with Crippen molar-refractivity contribution in [3.8, 4) is 11.1 Å². The molecule has 4 atom stereocenters. The fraction of sp³-hybridized carbons (Fsp3) is 0.457. The van der Waals surface area contributed by atoms with Crippen LogP contribution in [0.2, 0.25) is 0 Å². The number of amides is 1. The molecule has 48 heavy (non-hydrogen) atoms. The Morgan fingerprint density at radius 1 is 0.938 bits per heavy atom. The fourth-order valence-corrected chi connectivity index (χ4v) is 6.50. The molecule has 2 aliphatic heterocycles. The highest BCUT2D eigenvalue weighted by Crippen LogP contribution is 2.49. The first kappa shape index (κ1) is 33.6. The molecule has 0 radical (unpaired) electrons. The van der Waals surface area contributed by atoms with E-state index in [0.29, 0.717) is 43.1 Å². The Morgan fingerprint density at radius 2 is 1.62 bits per heavy atom. The van der Waals surface area contributed by atoms with Crippen LogP contribution in [-0.2, 0) is 39.6 Å². The molecule has 2 saturated heterocycles. The van der Waals surface area contributed by atoms with Crippen molar-refractivity contribution >= 4 is 17.9 Å². The highest BCUT2D eigenvalue weighted by Gasteiger charge is 2.46. The number of hydrogen-bond donors (Lipinski definition) is 0. The third kappa shape index (κ3) is 6.55. The van der Waals surface area contributed by atoms with Gasteiger partial charge in [0.1, 0.15) is 11.9 Å². The summed E-state index contributed by atoms with van der Waals surface area (Å²) >= 11 is 0. The Morgan fingerprint density at radius 3 is 2.21 bits per heavy atom. The van der Waals surface area contributed by atoms with Gasteiger partial charge in [-0.1, -0.05) is 25.1 Å². The van der Waals surface area contributed by atoms with Gasteiger partial charge in [-0.25, -0.2) is 9.78 Å². The molecule has 7 nitrogen and oxygen atoms in total. The number of esters is 1. The first-order valence-electron chi connectivity index (χ1n) is 16.0. The van der Waals surface area contributed by atoms with Crippen LogP contribution < -0.4 is 4.90 Å². The Balaban J connectivity index is 1.36.